The maximum atomic E-state index is 11.9. The van der Waals surface area contributed by atoms with E-state index in [0.29, 0.717) is 5.57 Å². The highest BCUT2D eigenvalue weighted by atomic mass is 16.5. The lowest BCUT2D eigenvalue weighted by molar-refractivity contribution is -0.145. The van der Waals surface area contributed by atoms with Gasteiger partial charge >= 0.3 is 5.97 Å². The SMILES string of the molecule is C=C(C)C(=O)OC(CCC)C(CCCC)c1ccccc1. The van der Waals surface area contributed by atoms with Gasteiger partial charge in [0.05, 0.1) is 0 Å². The number of ether oxygens (including phenoxy) is 1. The molecule has 0 saturated heterocycles. The molecule has 2 nitrogen and oxygen atoms in total. The fraction of sp³-hybridized carbons (Fsp3) is 0.526. The van der Waals surface area contributed by atoms with Crippen molar-refractivity contribution in [2.75, 3.05) is 0 Å². The zero-order valence-electron chi connectivity index (χ0n) is 13.6. The summed E-state index contributed by atoms with van der Waals surface area (Å²) in [5.41, 5.74) is 1.73. The molecular weight excluding hydrogens is 260 g/mol. The highest BCUT2D eigenvalue weighted by Gasteiger charge is 2.25. The topological polar surface area (TPSA) is 26.3 Å². The molecular formula is C19H28O2. The summed E-state index contributed by atoms with van der Waals surface area (Å²) in [4.78, 5) is 11.9. The van der Waals surface area contributed by atoms with Crippen LogP contribution in [0.1, 0.15) is 64.4 Å². The average molecular weight is 288 g/mol. The van der Waals surface area contributed by atoms with Gasteiger partial charge in [0.1, 0.15) is 6.10 Å². The van der Waals surface area contributed by atoms with Gasteiger partial charge in [-0.25, -0.2) is 4.79 Å². The minimum Gasteiger partial charge on any atom is -0.458 e. The first-order valence-corrected chi connectivity index (χ1v) is 8.01. The van der Waals surface area contributed by atoms with Crippen LogP contribution in [0.5, 0.6) is 0 Å². The standard InChI is InChI=1S/C19H28O2/c1-5-7-14-17(16-12-9-8-10-13-16)18(11-6-2)21-19(20)15(3)4/h8-10,12-13,17-18H,3,5-7,11,14H2,1-2,4H3. The van der Waals surface area contributed by atoms with Crippen LogP contribution in [0.25, 0.3) is 0 Å². The second-order valence-electron chi connectivity index (χ2n) is 5.67. The molecule has 2 unspecified atom stereocenters. The monoisotopic (exact) mass is 288 g/mol. The average Bonchev–Trinajstić information content (AvgIpc) is 2.48. The molecule has 0 amide bonds. The van der Waals surface area contributed by atoms with Crippen LogP contribution in [-0.2, 0) is 9.53 Å². The summed E-state index contributed by atoms with van der Waals surface area (Å²) >= 11 is 0. The van der Waals surface area contributed by atoms with Crippen LogP contribution in [0.4, 0.5) is 0 Å². The Bertz CT molecular complexity index is 436. The summed E-state index contributed by atoms with van der Waals surface area (Å²) in [6, 6.07) is 10.4. The number of benzene rings is 1. The van der Waals surface area contributed by atoms with Crippen LogP contribution in [0.2, 0.25) is 0 Å². The molecule has 1 rings (SSSR count). The molecule has 0 bridgehead atoms. The molecule has 0 N–H and O–H groups in total. The fourth-order valence-corrected chi connectivity index (χ4v) is 2.56. The molecule has 0 heterocycles. The predicted molar refractivity (Wildman–Crippen MR) is 88.3 cm³/mol. The first-order valence-electron chi connectivity index (χ1n) is 8.01. The van der Waals surface area contributed by atoms with E-state index in [2.05, 4.69) is 44.7 Å². The smallest absolute Gasteiger partial charge is 0.333 e. The number of esters is 1. The number of carbonyl (C=O) groups excluding carboxylic acids is 1. The van der Waals surface area contributed by atoms with Gasteiger partial charge in [0.2, 0.25) is 0 Å². The summed E-state index contributed by atoms with van der Waals surface area (Å²) in [5, 5.41) is 0. The van der Waals surface area contributed by atoms with Crippen molar-refractivity contribution in [1.29, 1.82) is 0 Å². The maximum Gasteiger partial charge on any atom is 0.333 e. The number of hydrogen-bond donors (Lipinski definition) is 0. The van der Waals surface area contributed by atoms with Gasteiger partial charge in [-0.2, -0.15) is 0 Å². The van der Waals surface area contributed by atoms with Crippen molar-refractivity contribution >= 4 is 5.97 Å². The van der Waals surface area contributed by atoms with Gasteiger partial charge in [-0.15, -0.1) is 0 Å². The van der Waals surface area contributed by atoms with Gasteiger partial charge in [-0.1, -0.05) is 70.0 Å². The Morgan fingerprint density at radius 3 is 2.33 bits per heavy atom. The number of carbonyl (C=O) groups is 1. The largest absolute Gasteiger partial charge is 0.458 e. The van der Waals surface area contributed by atoms with Crippen molar-refractivity contribution in [3.05, 3.63) is 48.0 Å². The minimum atomic E-state index is -0.272. The van der Waals surface area contributed by atoms with Gasteiger partial charge in [0.15, 0.2) is 0 Å². The predicted octanol–water partition coefficient (Wildman–Crippen LogP) is 5.25. The lowest BCUT2D eigenvalue weighted by Crippen LogP contribution is -2.26. The van der Waals surface area contributed by atoms with E-state index in [1.54, 1.807) is 6.92 Å². The Morgan fingerprint density at radius 2 is 1.81 bits per heavy atom. The molecule has 0 spiro atoms. The Kier molecular flexibility index (Phi) is 7.81. The second-order valence-corrected chi connectivity index (χ2v) is 5.67. The van der Waals surface area contributed by atoms with Crippen LogP contribution in [0.15, 0.2) is 42.5 Å². The molecule has 0 fully saturated rings. The van der Waals surface area contributed by atoms with Crippen LogP contribution in [0.3, 0.4) is 0 Å². The Labute approximate surface area is 129 Å². The van der Waals surface area contributed by atoms with Gasteiger partial charge in [-0.05, 0) is 25.3 Å². The van der Waals surface area contributed by atoms with E-state index in [1.165, 1.54) is 5.56 Å². The lowest BCUT2D eigenvalue weighted by Gasteiger charge is -2.27. The summed E-state index contributed by atoms with van der Waals surface area (Å²) in [5.74, 6) is 0.000259. The van der Waals surface area contributed by atoms with Crippen LogP contribution >= 0.6 is 0 Å². The number of hydrogen-bond acceptors (Lipinski definition) is 2. The zero-order chi connectivity index (χ0) is 15.7. The van der Waals surface area contributed by atoms with Crippen molar-refractivity contribution < 1.29 is 9.53 Å². The quantitative estimate of drug-likeness (QED) is 0.458. The molecule has 0 aliphatic carbocycles. The molecule has 0 saturated carbocycles. The highest BCUT2D eigenvalue weighted by Crippen LogP contribution is 2.30. The van der Waals surface area contributed by atoms with Crippen molar-refractivity contribution in [3.63, 3.8) is 0 Å². The lowest BCUT2D eigenvalue weighted by atomic mass is 9.86. The summed E-state index contributed by atoms with van der Waals surface area (Å²) in [6.45, 7) is 9.71. The molecule has 2 atom stereocenters. The second kappa shape index (κ2) is 9.38. The molecule has 0 aliphatic rings. The van der Waals surface area contributed by atoms with Gasteiger partial charge in [0, 0.05) is 11.5 Å². The first kappa shape index (κ1) is 17.5. The van der Waals surface area contributed by atoms with Crippen molar-refractivity contribution in [3.8, 4) is 0 Å². The third kappa shape index (κ3) is 5.74. The maximum absolute atomic E-state index is 11.9. The summed E-state index contributed by atoms with van der Waals surface area (Å²) in [6.07, 6.45) is 5.18. The van der Waals surface area contributed by atoms with E-state index in [4.69, 9.17) is 4.74 Å². The molecule has 2 heteroatoms. The summed E-state index contributed by atoms with van der Waals surface area (Å²) in [7, 11) is 0. The van der Waals surface area contributed by atoms with Gasteiger partial charge < -0.3 is 4.74 Å². The van der Waals surface area contributed by atoms with E-state index in [0.717, 1.165) is 32.1 Å². The van der Waals surface area contributed by atoms with Crippen molar-refractivity contribution in [2.45, 2.75) is 64.9 Å². The van der Waals surface area contributed by atoms with Gasteiger partial charge in [0.25, 0.3) is 0 Å². The Hall–Kier alpha value is -1.57. The van der Waals surface area contributed by atoms with Crippen LogP contribution < -0.4 is 0 Å². The molecule has 0 radical (unpaired) electrons. The third-order valence-electron chi connectivity index (χ3n) is 3.73. The molecule has 116 valence electrons. The van der Waals surface area contributed by atoms with Gasteiger partial charge in [-0.3, -0.25) is 0 Å². The first-order chi connectivity index (χ1) is 10.1. The van der Waals surface area contributed by atoms with Crippen molar-refractivity contribution in [1.82, 2.24) is 0 Å². The molecule has 0 aromatic heterocycles. The van der Waals surface area contributed by atoms with E-state index in [-0.39, 0.29) is 18.0 Å². The third-order valence-corrected chi connectivity index (χ3v) is 3.73. The van der Waals surface area contributed by atoms with E-state index < -0.39 is 0 Å². The fourth-order valence-electron chi connectivity index (χ4n) is 2.56. The molecule has 1 aromatic rings. The minimum absolute atomic E-state index is 0.0619. The number of unbranched alkanes of at least 4 members (excludes halogenated alkanes) is 1. The zero-order valence-corrected chi connectivity index (χ0v) is 13.6. The molecule has 1 aromatic carbocycles. The van der Waals surface area contributed by atoms with Crippen LogP contribution in [-0.4, -0.2) is 12.1 Å². The van der Waals surface area contributed by atoms with Crippen LogP contribution in [0, 0.1) is 0 Å². The molecule has 0 aliphatic heterocycles. The Morgan fingerprint density at radius 1 is 1.14 bits per heavy atom. The molecule has 21 heavy (non-hydrogen) atoms. The Balaban J connectivity index is 2.94. The summed E-state index contributed by atoms with van der Waals surface area (Å²) < 4.78 is 5.73. The van der Waals surface area contributed by atoms with E-state index in [9.17, 15) is 4.79 Å². The number of rotatable bonds is 9. The van der Waals surface area contributed by atoms with Crippen molar-refractivity contribution in [2.24, 2.45) is 0 Å². The highest BCUT2D eigenvalue weighted by molar-refractivity contribution is 5.87. The normalized spacial score (nSPS) is 13.5. The van der Waals surface area contributed by atoms with E-state index in [1.807, 2.05) is 6.07 Å². The van der Waals surface area contributed by atoms with E-state index >= 15 is 0 Å².